The van der Waals surface area contributed by atoms with E-state index in [4.69, 9.17) is 0 Å². The average molecular weight is 531 g/mol. The van der Waals surface area contributed by atoms with Crippen LogP contribution in [0.2, 0.25) is 0 Å². The summed E-state index contributed by atoms with van der Waals surface area (Å²) < 4.78 is 29.0. The van der Waals surface area contributed by atoms with Crippen LogP contribution in [-0.2, 0) is 0 Å². The summed E-state index contributed by atoms with van der Waals surface area (Å²) in [4.78, 5) is 2.47. The minimum atomic E-state index is -0.220. The molecule has 2 heterocycles. The SMILES string of the molecule is Fc1ccc(-c2ccc(-c3cc4cc5sc(-c6ccc(-c7ccc(F)cc7)cc6)cc5cc4s3)cc2)cc1. The molecule has 4 heteroatoms. The van der Waals surface area contributed by atoms with E-state index in [1.54, 1.807) is 22.7 Å². The maximum absolute atomic E-state index is 13.3. The molecule has 0 fully saturated rings. The highest BCUT2D eigenvalue weighted by atomic mass is 32.1. The molecule has 2 aromatic heterocycles. The monoisotopic (exact) mass is 530 g/mol. The van der Waals surface area contributed by atoms with Gasteiger partial charge >= 0.3 is 0 Å². The van der Waals surface area contributed by atoms with Crippen LogP contribution in [-0.4, -0.2) is 0 Å². The molecule has 182 valence electrons. The van der Waals surface area contributed by atoms with Crippen molar-refractivity contribution in [1.82, 2.24) is 0 Å². The number of benzene rings is 5. The molecule has 0 aliphatic carbocycles. The first-order valence-electron chi connectivity index (χ1n) is 12.3. The van der Waals surface area contributed by atoms with Crippen molar-refractivity contribution in [2.75, 3.05) is 0 Å². The van der Waals surface area contributed by atoms with E-state index in [2.05, 4.69) is 72.8 Å². The molecule has 7 rings (SSSR count). The third kappa shape index (κ3) is 4.32. The van der Waals surface area contributed by atoms with Crippen molar-refractivity contribution in [2.24, 2.45) is 0 Å². The first-order valence-corrected chi connectivity index (χ1v) is 13.9. The lowest BCUT2D eigenvalue weighted by atomic mass is 10.0. The number of hydrogen-bond acceptors (Lipinski definition) is 2. The zero-order valence-corrected chi connectivity index (χ0v) is 21.8. The largest absolute Gasteiger partial charge is 0.207 e. The van der Waals surface area contributed by atoms with Gasteiger partial charge in [0.2, 0.25) is 0 Å². The van der Waals surface area contributed by atoms with E-state index in [9.17, 15) is 8.78 Å². The molecule has 0 radical (unpaired) electrons. The van der Waals surface area contributed by atoms with E-state index in [1.165, 1.54) is 65.3 Å². The van der Waals surface area contributed by atoms with Crippen molar-refractivity contribution in [3.05, 3.63) is 133 Å². The van der Waals surface area contributed by atoms with E-state index in [0.717, 1.165) is 22.3 Å². The van der Waals surface area contributed by atoms with E-state index < -0.39 is 0 Å². The predicted molar refractivity (Wildman–Crippen MR) is 159 cm³/mol. The van der Waals surface area contributed by atoms with Crippen LogP contribution >= 0.6 is 22.7 Å². The summed E-state index contributed by atoms with van der Waals surface area (Å²) in [6.45, 7) is 0. The molecule has 38 heavy (non-hydrogen) atoms. The number of fused-ring (bicyclic) bond motifs is 2. The van der Waals surface area contributed by atoms with Crippen LogP contribution in [0.4, 0.5) is 8.78 Å². The van der Waals surface area contributed by atoms with E-state index in [1.807, 2.05) is 24.3 Å². The summed E-state index contributed by atoms with van der Waals surface area (Å²) in [6.07, 6.45) is 0. The number of hydrogen-bond donors (Lipinski definition) is 0. The highest BCUT2D eigenvalue weighted by molar-refractivity contribution is 7.23. The highest BCUT2D eigenvalue weighted by Crippen LogP contribution is 2.41. The molecule has 0 nitrogen and oxygen atoms in total. The summed E-state index contributed by atoms with van der Waals surface area (Å²) in [5.41, 5.74) is 6.54. The molecule has 0 amide bonds. The molecule has 0 bridgehead atoms. The Hall–Kier alpha value is -4.12. The Morgan fingerprint density at radius 2 is 0.632 bits per heavy atom. The summed E-state index contributed by atoms with van der Waals surface area (Å²) in [6, 6.07) is 39.3. The molecule has 0 saturated carbocycles. The lowest BCUT2D eigenvalue weighted by molar-refractivity contribution is 0.627. The second-order valence-corrected chi connectivity index (χ2v) is 11.5. The van der Waals surface area contributed by atoms with E-state index in [-0.39, 0.29) is 11.6 Å². The average Bonchev–Trinajstić information content (AvgIpc) is 3.56. The molecule has 0 saturated heterocycles. The van der Waals surface area contributed by atoms with Gasteiger partial charge in [-0.2, -0.15) is 0 Å². The third-order valence-corrected chi connectivity index (χ3v) is 9.14. The normalized spacial score (nSPS) is 11.4. The molecule has 0 N–H and O–H groups in total. The standard InChI is InChI=1S/C34H20F2S2/c35-29-13-9-23(10-14-29)21-1-5-25(6-2-21)31-17-27-19-34-28(20-33(27)37-31)18-32(38-34)26-7-3-22(4-8-26)24-11-15-30(36)16-12-24/h1-20H. The number of thiophene rings is 2. The highest BCUT2D eigenvalue weighted by Gasteiger charge is 2.10. The van der Waals surface area contributed by atoms with Gasteiger partial charge in [-0.15, -0.1) is 22.7 Å². The maximum Gasteiger partial charge on any atom is 0.123 e. The Labute approximate surface area is 227 Å². The van der Waals surface area contributed by atoms with Crippen molar-refractivity contribution in [3.63, 3.8) is 0 Å². The fourth-order valence-electron chi connectivity index (χ4n) is 4.80. The second-order valence-electron chi connectivity index (χ2n) is 9.32. The maximum atomic E-state index is 13.3. The van der Waals surface area contributed by atoms with Gasteiger partial charge in [0.15, 0.2) is 0 Å². The van der Waals surface area contributed by atoms with Gasteiger partial charge in [-0.3, -0.25) is 0 Å². The van der Waals surface area contributed by atoms with E-state index >= 15 is 0 Å². The van der Waals surface area contributed by atoms with E-state index in [0.29, 0.717) is 0 Å². The van der Waals surface area contributed by atoms with Crippen molar-refractivity contribution in [1.29, 1.82) is 0 Å². The first-order chi connectivity index (χ1) is 18.6. The molecular formula is C34H20F2S2. The van der Waals surface area contributed by atoms with Gasteiger partial charge in [0.25, 0.3) is 0 Å². The molecule has 5 aromatic carbocycles. The Morgan fingerprint density at radius 3 is 0.974 bits per heavy atom. The molecule has 0 aliphatic rings. The van der Waals surface area contributed by atoms with Crippen LogP contribution in [0, 0.1) is 11.6 Å². The second kappa shape index (κ2) is 9.32. The predicted octanol–water partition coefficient (Wildman–Crippen LogP) is 11.1. The molecular weight excluding hydrogens is 511 g/mol. The van der Waals surface area contributed by atoms with Gasteiger partial charge in [0.1, 0.15) is 11.6 Å². The van der Waals surface area contributed by atoms with Crippen LogP contribution < -0.4 is 0 Å². The first kappa shape index (κ1) is 23.0. The lowest BCUT2D eigenvalue weighted by Crippen LogP contribution is -1.79. The van der Waals surface area contributed by atoms with Crippen LogP contribution in [0.25, 0.3) is 63.3 Å². The van der Waals surface area contributed by atoms with Gasteiger partial charge in [0.05, 0.1) is 0 Å². The fourth-order valence-corrected chi connectivity index (χ4v) is 6.99. The van der Waals surface area contributed by atoms with Crippen LogP contribution in [0.1, 0.15) is 0 Å². The Balaban J connectivity index is 1.16. The molecule has 7 aromatic rings. The van der Waals surface area contributed by atoms with Crippen LogP contribution in [0.15, 0.2) is 121 Å². The Bertz CT molecular complexity index is 1700. The van der Waals surface area contributed by atoms with Gasteiger partial charge in [0, 0.05) is 19.2 Å². The summed E-state index contributed by atoms with van der Waals surface area (Å²) in [5, 5.41) is 2.50. The summed E-state index contributed by atoms with van der Waals surface area (Å²) in [5.74, 6) is -0.440. The minimum Gasteiger partial charge on any atom is -0.207 e. The number of halogens is 2. The van der Waals surface area contributed by atoms with Crippen molar-refractivity contribution in [2.45, 2.75) is 0 Å². The van der Waals surface area contributed by atoms with Gasteiger partial charge < -0.3 is 0 Å². The topological polar surface area (TPSA) is 0 Å². The van der Waals surface area contributed by atoms with Crippen molar-refractivity contribution in [3.8, 4) is 43.1 Å². The molecule has 0 aliphatic heterocycles. The summed E-state index contributed by atoms with van der Waals surface area (Å²) >= 11 is 3.61. The van der Waals surface area contributed by atoms with Gasteiger partial charge in [-0.1, -0.05) is 72.8 Å². The molecule has 0 spiro atoms. The zero-order chi connectivity index (χ0) is 25.6. The third-order valence-electron chi connectivity index (χ3n) is 6.85. The number of rotatable bonds is 4. The molecule has 0 atom stereocenters. The smallest absolute Gasteiger partial charge is 0.123 e. The van der Waals surface area contributed by atoms with Crippen molar-refractivity contribution >= 4 is 42.8 Å². The zero-order valence-electron chi connectivity index (χ0n) is 20.1. The van der Waals surface area contributed by atoms with Gasteiger partial charge in [-0.25, -0.2) is 8.78 Å². The fraction of sp³-hybridized carbons (Fsp3) is 0. The van der Waals surface area contributed by atoms with Crippen molar-refractivity contribution < 1.29 is 8.78 Å². The lowest BCUT2D eigenvalue weighted by Gasteiger charge is -2.03. The Kier molecular flexibility index (Phi) is 5.65. The van der Waals surface area contributed by atoms with Crippen LogP contribution in [0.5, 0.6) is 0 Å². The van der Waals surface area contributed by atoms with Gasteiger partial charge in [-0.05, 0) is 92.7 Å². The summed E-state index contributed by atoms with van der Waals surface area (Å²) in [7, 11) is 0. The minimum absolute atomic E-state index is 0.220. The quantitative estimate of drug-likeness (QED) is 0.212. The van der Waals surface area contributed by atoms with Crippen LogP contribution in [0.3, 0.4) is 0 Å². The molecule has 0 unspecified atom stereocenters. The Morgan fingerprint density at radius 1 is 0.342 bits per heavy atom.